The summed E-state index contributed by atoms with van der Waals surface area (Å²) in [5, 5.41) is 0. The highest BCUT2D eigenvalue weighted by Gasteiger charge is 2.19. The van der Waals surface area contributed by atoms with Gasteiger partial charge in [0.1, 0.15) is 13.2 Å². The Bertz CT molecular complexity index is 1230. The molecule has 0 aromatic heterocycles. The van der Waals surface area contributed by atoms with Gasteiger partial charge < -0.3 is 14.2 Å². The molecule has 0 spiro atoms. The van der Waals surface area contributed by atoms with Crippen LogP contribution in [0.4, 0.5) is 0 Å². The first-order valence-electron chi connectivity index (χ1n) is 34.3. The number of allylic oxidation sites excluding steroid dienone is 4. The molecule has 0 saturated carbocycles. The minimum absolute atomic E-state index is 0.0692. The maximum Gasteiger partial charge on any atom is 0.306 e. The normalized spacial score (nSPS) is 12.1. The Hall–Kier alpha value is -2.11. The molecule has 1 unspecified atom stereocenters. The van der Waals surface area contributed by atoms with E-state index in [2.05, 4.69) is 45.1 Å². The third-order valence-electron chi connectivity index (χ3n) is 15.7. The maximum absolute atomic E-state index is 12.9. The fourth-order valence-corrected chi connectivity index (χ4v) is 10.5. The highest BCUT2D eigenvalue weighted by atomic mass is 16.6. The van der Waals surface area contributed by atoms with E-state index in [0.717, 1.165) is 70.6 Å². The van der Waals surface area contributed by atoms with E-state index < -0.39 is 6.10 Å². The molecule has 6 nitrogen and oxygen atoms in total. The SMILES string of the molecule is CCCCCC/C=C\C/C=C\CCCCCCCCCC(=O)OC(COC(=O)CCCCCCCCCC)COC(=O)CCCCCCCCCCCCCCCCCCCCCCCCCCCCCCCCCC. The number of rotatable bonds is 64. The lowest BCUT2D eigenvalue weighted by Crippen LogP contribution is -2.30. The van der Waals surface area contributed by atoms with Crippen molar-refractivity contribution in [1.82, 2.24) is 0 Å². The predicted molar refractivity (Wildman–Crippen MR) is 330 cm³/mol. The third kappa shape index (κ3) is 62.7. The highest BCUT2D eigenvalue weighted by molar-refractivity contribution is 5.71. The Balaban J connectivity index is 4.00. The number of carbonyl (C=O) groups excluding carboxylic acids is 3. The van der Waals surface area contributed by atoms with Crippen molar-refractivity contribution < 1.29 is 28.6 Å². The van der Waals surface area contributed by atoms with Crippen LogP contribution in [0.2, 0.25) is 0 Å². The summed E-state index contributed by atoms with van der Waals surface area (Å²) in [4.78, 5) is 38.1. The fourth-order valence-electron chi connectivity index (χ4n) is 10.5. The van der Waals surface area contributed by atoms with E-state index in [1.807, 2.05) is 0 Å². The second-order valence-corrected chi connectivity index (χ2v) is 23.5. The van der Waals surface area contributed by atoms with E-state index in [1.165, 1.54) is 276 Å². The molecule has 0 bridgehead atoms. The maximum atomic E-state index is 12.9. The summed E-state index contributed by atoms with van der Waals surface area (Å²) in [6.07, 6.45) is 79.5. The van der Waals surface area contributed by atoms with Crippen LogP contribution in [0.25, 0.3) is 0 Å². The molecule has 0 aliphatic rings. The Labute approximate surface area is 474 Å². The molecule has 448 valence electrons. The predicted octanol–water partition coefficient (Wildman–Crippen LogP) is 23.4. The van der Waals surface area contributed by atoms with E-state index in [1.54, 1.807) is 0 Å². The molecule has 0 aliphatic heterocycles. The van der Waals surface area contributed by atoms with Gasteiger partial charge in [-0.2, -0.15) is 0 Å². The number of hydrogen-bond donors (Lipinski definition) is 0. The average Bonchev–Trinajstić information content (AvgIpc) is 3.42. The molecule has 0 N–H and O–H groups in total. The molecule has 76 heavy (non-hydrogen) atoms. The van der Waals surface area contributed by atoms with Crippen LogP contribution in [0, 0.1) is 0 Å². The van der Waals surface area contributed by atoms with Gasteiger partial charge >= 0.3 is 17.9 Å². The van der Waals surface area contributed by atoms with Crippen molar-refractivity contribution >= 4 is 17.9 Å². The van der Waals surface area contributed by atoms with Crippen LogP contribution in [-0.4, -0.2) is 37.2 Å². The zero-order chi connectivity index (χ0) is 55.0. The topological polar surface area (TPSA) is 78.9 Å². The van der Waals surface area contributed by atoms with Crippen LogP contribution in [0.1, 0.15) is 387 Å². The van der Waals surface area contributed by atoms with E-state index in [-0.39, 0.29) is 31.1 Å². The van der Waals surface area contributed by atoms with Crippen molar-refractivity contribution in [3.63, 3.8) is 0 Å². The van der Waals surface area contributed by atoms with Gasteiger partial charge in [-0.15, -0.1) is 0 Å². The molecule has 0 heterocycles. The summed E-state index contributed by atoms with van der Waals surface area (Å²) < 4.78 is 16.9. The van der Waals surface area contributed by atoms with Crippen molar-refractivity contribution in [2.24, 2.45) is 0 Å². The number of hydrogen-bond acceptors (Lipinski definition) is 6. The summed E-state index contributed by atoms with van der Waals surface area (Å²) in [5.74, 6) is -0.857. The molecule has 0 aliphatic carbocycles. The average molecular weight is 1070 g/mol. The molecule has 0 amide bonds. The Kier molecular flexibility index (Phi) is 63.6. The monoisotopic (exact) mass is 1070 g/mol. The van der Waals surface area contributed by atoms with E-state index in [0.29, 0.717) is 19.3 Å². The van der Waals surface area contributed by atoms with Gasteiger partial charge in [0.25, 0.3) is 0 Å². The van der Waals surface area contributed by atoms with Crippen molar-refractivity contribution in [3.8, 4) is 0 Å². The van der Waals surface area contributed by atoms with E-state index >= 15 is 0 Å². The van der Waals surface area contributed by atoms with Crippen LogP contribution in [0.3, 0.4) is 0 Å². The second kappa shape index (κ2) is 65.4. The quantitative estimate of drug-likeness (QED) is 0.0261. The molecule has 0 aromatic carbocycles. The number of ether oxygens (including phenoxy) is 3. The van der Waals surface area contributed by atoms with Gasteiger partial charge in [-0.25, -0.2) is 0 Å². The number of carbonyl (C=O) groups is 3. The lowest BCUT2D eigenvalue weighted by molar-refractivity contribution is -0.167. The minimum Gasteiger partial charge on any atom is -0.462 e. The van der Waals surface area contributed by atoms with Crippen LogP contribution in [0.15, 0.2) is 24.3 Å². The molecule has 1 atom stereocenters. The molecule has 0 rings (SSSR count). The van der Waals surface area contributed by atoms with Crippen molar-refractivity contribution in [2.45, 2.75) is 393 Å². The minimum atomic E-state index is -0.771. The summed E-state index contributed by atoms with van der Waals surface area (Å²) in [7, 11) is 0. The Morgan fingerprint density at radius 3 is 0.737 bits per heavy atom. The van der Waals surface area contributed by atoms with Gasteiger partial charge in [-0.3, -0.25) is 14.4 Å². The van der Waals surface area contributed by atoms with Gasteiger partial charge in [0, 0.05) is 19.3 Å². The second-order valence-electron chi connectivity index (χ2n) is 23.5. The first-order valence-corrected chi connectivity index (χ1v) is 34.3. The van der Waals surface area contributed by atoms with E-state index in [4.69, 9.17) is 14.2 Å². The molecule has 6 heteroatoms. The Morgan fingerprint density at radius 2 is 0.474 bits per heavy atom. The van der Waals surface area contributed by atoms with E-state index in [9.17, 15) is 14.4 Å². The summed E-state index contributed by atoms with van der Waals surface area (Å²) in [6.45, 7) is 6.65. The van der Waals surface area contributed by atoms with Gasteiger partial charge in [0.15, 0.2) is 6.10 Å². The zero-order valence-corrected chi connectivity index (χ0v) is 51.6. The summed E-state index contributed by atoms with van der Waals surface area (Å²) in [5.41, 5.74) is 0. The van der Waals surface area contributed by atoms with Gasteiger partial charge in [0.05, 0.1) is 0 Å². The molecular formula is C70H132O6. The Morgan fingerprint density at radius 1 is 0.263 bits per heavy atom. The van der Waals surface area contributed by atoms with Crippen LogP contribution < -0.4 is 0 Å². The first kappa shape index (κ1) is 73.9. The van der Waals surface area contributed by atoms with Gasteiger partial charge in [-0.05, 0) is 51.4 Å². The summed E-state index contributed by atoms with van der Waals surface area (Å²) >= 11 is 0. The lowest BCUT2D eigenvalue weighted by Gasteiger charge is -2.18. The fraction of sp³-hybridized carbons (Fsp3) is 0.900. The summed E-state index contributed by atoms with van der Waals surface area (Å²) in [6, 6.07) is 0. The molecule has 0 radical (unpaired) electrons. The molecular weight excluding hydrogens is 937 g/mol. The van der Waals surface area contributed by atoms with Crippen LogP contribution >= 0.6 is 0 Å². The van der Waals surface area contributed by atoms with Crippen molar-refractivity contribution in [1.29, 1.82) is 0 Å². The van der Waals surface area contributed by atoms with Crippen molar-refractivity contribution in [3.05, 3.63) is 24.3 Å². The molecule has 0 fully saturated rings. The third-order valence-corrected chi connectivity index (χ3v) is 15.7. The first-order chi connectivity index (χ1) is 37.5. The van der Waals surface area contributed by atoms with Gasteiger partial charge in [-0.1, -0.05) is 340 Å². The van der Waals surface area contributed by atoms with Crippen LogP contribution in [-0.2, 0) is 28.6 Å². The van der Waals surface area contributed by atoms with Gasteiger partial charge in [0.2, 0.25) is 0 Å². The molecule has 0 saturated heterocycles. The number of esters is 3. The smallest absolute Gasteiger partial charge is 0.306 e. The molecule has 0 aromatic rings. The van der Waals surface area contributed by atoms with Crippen LogP contribution in [0.5, 0.6) is 0 Å². The van der Waals surface area contributed by atoms with Crippen molar-refractivity contribution in [2.75, 3.05) is 13.2 Å². The largest absolute Gasteiger partial charge is 0.462 e. The standard InChI is InChI=1S/C70H132O6/c1-4-7-10-13-16-19-21-23-25-27-29-30-31-32-33-34-35-36-37-38-39-40-41-42-44-45-47-49-51-54-57-60-63-69(72)75-66-67(65-74-68(71)62-59-56-53-18-15-12-9-6-3)76-70(73)64-61-58-55-52-50-48-46-43-28-26-24-22-20-17-14-11-8-5-2/h20,22,26,28,67H,4-19,21,23-25,27,29-66H2,1-3H3/b22-20-,28-26-. The lowest BCUT2D eigenvalue weighted by atomic mass is 10.0. The highest BCUT2D eigenvalue weighted by Crippen LogP contribution is 2.19. The zero-order valence-electron chi connectivity index (χ0n) is 51.6. The number of unbranched alkanes of at least 4 members (excludes halogenated alkanes) is 49.